The molecule has 0 N–H and O–H groups in total. The van der Waals surface area contributed by atoms with Crippen LogP contribution >= 0.6 is 0 Å². The zero-order valence-corrected chi connectivity index (χ0v) is 13.9. The van der Waals surface area contributed by atoms with E-state index in [4.69, 9.17) is 9.26 Å². The van der Waals surface area contributed by atoms with Gasteiger partial charge in [0.2, 0.25) is 11.8 Å². The quantitative estimate of drug-likeness (QED) is 0.716. The van der Waals surface area contributed by atoms with E-state index in [-0.39, 0.29) is 11.8 Å². The maximum absolute atomic E-state index is 12.1. The molecule has 8 nitrogen and oxygen atoms in total. The first-order chi connectivity index (χ1) is 11.1. The second-order valence-electron chi connectivity index (χ2n) is 6.48. The summed E-state index contributed by atoms with van der Waals surface area (Å²) in [6.45, 7) is 6.25. The molecule has 1 aromatic rings. The molecule has 8 heteroatoms. The fraction of sp³-hybridized carbons (Fsp3) is 0.800. The lowest BCUT2D eigenvalue weighted by Gasteiger charge is -2.24. The van der Waals surface area contributed by atoms with Gasteiger partial charge in [0.1, 0.15) is 0 Å². The number of carbonyl (C=O) groups excluding carboxylic acids is 1. The van der Waals surface area contributed by atoms with Gasteiger partial charge in [0.15, 0.2) is 5.82 Å². The van der Waals surface area contributed by atoms with Crippen LogP contribution in [0.4, 0.5) is 0 Å². The Balaban J connectivity index is 1.54. The predicted octanol–water partition coefficient (Wildman–Crippen LogP) is -0.221. The number of rotatable bonds is 6. The molecule has 2 aliphatic heterocycles. The lowest BCUT2D eigenvalue weighted by Crippen LogP contribution is -2.35. The third-order valence-electron chi connectivity index (χ3n) is 4.33. The van der Waals surface area contributed by atoms with Gasteiger partial charge >= 0.3 is 0 Å². The molecule has 2 fully saturated rings. The zero-order valence-electron chi connectivity index (χ0n) is 13.9. The Labute approximate surface area is 136 Å². The second-order valence-corrected chi connectivity index (χ2v) is 6.48. The first-order valence-electron chi connectivity index (χ1n) is 8.17. The van der Waals surface area contributed by atoms with Gasteiger partial charge in [-0.15, -0.1) is 0 Å². The Bertz CT molecular complexity index is 527. The highest BCUT2D eigenvalue weighted by Gasteiger charge is 2.34. The number of hydrogen-bond donors (Lipinski definition) is 0. The number of carbonyl (C=O) groups is 1. The van der Waals surface area contributed by atoms with Gasteiger partial charge in [0, 0.05) is 39.1 Å². The standard InChI is InChI=1S/C15H25N5O3/c1-18(2)3-4-20-10-12(9-14(20)21)15-16-13(17-23-15)11-19-5-7-22-8-6-19/h12H,3-11H2,1-2H3. The summed E-state index contributed by atoms with van der Waals surface area (Å²) in [5, 5.41) is 4.07. The summed E-state index contributed by atoms with van der Waals surface area (Å²) in [5.41, 5.74) is 0. The molecule has 0 saturated carbocycles. The SMILES string of the molecule is CN(C)CCN1CC(c2nc(CN3CCOCC3)no2)CC1=O. The number of morpholine rings is 1. The fourth-order valence-corrected chi connectivity index (χ4v) is 2.93. The van der Waals surface area contributed by atoms with E-state index in [0.29, 0.717) is 31.2 Å². The van der Waals surface area contributed by atoms with E-state index in [1.54, 1.807) is 0 Å². The van der Waals surface area contributed by atoms with Crippen LogP contribution < -0.4 is 0 Å². The normalized spacial score (nSPS) is 23.2. The highest BCUT2D eigenvalue weighted by molar-refractivity contribution is 5.79. The molecule has 0 radical (unpaired) electrons. The number of likely N-dealkylation sites (tertiary alicyclic amines) is 1. The Morgan fingerprint density at radius 1 is 1.30 bits per heavy atom. The van der Waals surface area contributed by atoms with Gasteiger partial charge in [-0.2, -0.15) is 4.98 Å². The van der Waals surface area contributed by atoms with Crippen molar-refractivity contribution in [1.82, 2.24) is 24.8 Å². The van der Waals surface area contributed by atoms with Gasteiger partial charge in [0.25, 0.3) is 0 Å². The lowest BCUT2D eigenvalue weighted by atomic mass is 10.1. The van der Waals surface area contributed by atoms with E-state index in [0.717, 1.165) is 39.4 Å². The third-order valence-corrected chi connectivity index (χ3v) is 4.33. The van der Waals surface area contributed by atoms with E-state index in [1.165, 1.54) is 0 Å². The lowest BCUT2D eigenvalue weighted by molar-refractivity contribution is -0.127. The van der Waals surface area contributed by atoms with Crippen molar-refractivity contribution in [3.63, 3.8) is 0 Å². The van der Waals surface area contributed by atoms with Crippen LogP contribution in [0.25, 0.3) is 0 Å². The van der Waals surface area contributed by atoms with E-state index in [2.05, 4.69) is 19.9 Å². The van der Waals surface area contributed by atoms with E-state index >= 15 is 0 Å². The number of aromatic nitrogens is 2. The number of ether oxygens (including phenoxy) is 1. The van der Waals surface area contributed by atoms with E-state index in [9.17, 15) is 4.79 Å². The molecule has 1 atom stereocenters. The van der Waals surface area contributed by atoms with Crippen molar-refractivity contribution in [3.05, 3.63) is 11.7 Å². The smallest absolute Gasteiger partial charge is 0.232 e. The maximum Gasteiger partial charge on any atom is 0.232 e. The summed E-state index contributed by atoms with van der Waals surface area (Å²) in [5.74, 6) is 1.48. The van der Waals surface area contributed by atoms with Crippen LogP contribution in [0.5, 0.6) is 0 Å². The first kappa shape index (κ1) is 16.4. The fourth-order valence-electron chi connectivity index (χ4n) is 2.93. The Morgan fingerprint density at radius 3 is 2.83 bits per heavy atom. The Hall–Kier alpha value is -1.51. The van der Waals surface area contributed by atoms with Gasteiger partial charge in [-0.3, -0.25) is 9.69 Å². The molecule has 3 rings (SSSR count). The van der Waals surface area contributed by atoms with Gasteiger partial charge < -0.3 is 19.1 Å². The van der Waals surface area contributed by atoms with Gasteiger partial charge in [0.05, 0.1) is 25.7 Å². The summed E-state index contributed by atoms with van der Waals surface area (Å²) in [6.07, 6.45) is 0.465. The van der Waals surface area contributed by atoms with Crippen molar-refractivity contribution in [1.29, 1.82) is 0 Å². The van der Waals surface area contributed by atoms with Crippen molar-refractivity contribution in [2.75, 3.05) is 60.0 Å². The Kier molecular flexibility index (Phi) is 5.24. The molecule has 128 valence electrons. The van der Waals surface area contributed by atoms with Crippen LogP contribution in [-0.2, 0) is 16.1 Å². The number of hydrogen-bond acceptors (Lipinski definition) is 7. The van der Waals surface area contributed by atoms with Crippen LogP contribution in [0.2, 0.25) is 0 Å². The first-order valence-corrected chi connectivity index (χ1v) is 8.17. The van der Waals surface area contributed by atoms with Crippen LogP contribution in [0, 0.1) is 0 Å². The average Bonchev–Trinajstić information content (AvgIpc) is 3.13. The minimum Gasteiger partial charge on any atom is -0.379 e. The van der Waals surface area contributed by atoms with Gasteiger partial charge in [-0.25, -0.2) is 0 Å². The molecular weight excluding hydrogens is 298 g/mol. The molecule has 2 saturated heterocycles. The summed E-state index contributed by atoms with van der Waals surface area (Å²) in [4.78, 5) is 22.8. The largest absolute Gasteiger partial charge is 0.379 e. The van der Waals surface area contributed by atoms with Crippen molar-refractivity contribution < 1.29 is 14.1 Å². The zero-order chi connectivity index (χ0) is 16.2. The summed E-state index contributed by atoms with van der Waals surface area (Å²) < 4.78 is 10.7. The van der Waals surface area contributed by atoms with Gasteiger partial charge in [-0.05, 0) is 14.1 Å². The summed E-state index contributed by atoms with van der Waals surface area (Å²) in [7, 11) is 4.02. The molecular formula is C15H25N5O3. The monoisotopic (exact) mass is 323 g/mol. The molecule has 0 aromatic carbocycles. The maximum atomic E-state index is 12.1. The summed E-state index contributed by atoms with van der Waals surface area (Å²) >= 11 is 0. The van der Waals surface area contributed by atoms with Crippen LogP contribution in [0.3, 0.4) is 0 Å². The topological polar surface area (TPSA) is 74.9 Å². The van der Waals surface area contributed by atoms with Gasteiger partial charge in [-0.1, -0.05) is 5.16 Å². The molecule has 0 aliphatic carbocycles. The van der Waals surface area contributed by atoms with E-state index < -0.39 is 0 Å². The van der Waals surface area contributed by atoms with Crippen molar-refractivity contribution in [3.8, 4) is 0 Å². The van der Waals surface area contributed by atoms with Crippen molar-refractivity contribution in [2.45, 2.75) is 18.9 Å². The highest BCUT2D eigenvalue weighted by atomic mass is 16.5. The number of amides is 1. The minimum atomic E-state index is 0.0237. The van der Waals surface area contributed by atoms with Crippen LogP contribution in [0.1, 0.15) is 24.1 Å². The third kappa shape index (κ3) is 4.27. The number of nitrogens with zero attached hydrogens (tertiary/aromatic N) is 5. The van der Waals surface area contributed by atoms with Crippen LogP contribution in [-0.4, -0.2) is 90.8 Å². The second kappa shape index (κ2) is 7.37. The molecule has 3 heterocycles. The highest BCUT2D eigenvalue weighted by Crippen LogP contribution is 2.26. The molecule has 1 amide bonds. The van der Waals surface area contributed by atoms with Crippen molar-refractivity contribution in [2.24, 2.45) is 0 Å². The predicted molar refractivity (Wildman–Crippen MR) is 82.9 cm³/mol. The van der Waals surface area contributed by atoms with Crippen LogP contribution in [0.15, 0.2) is 4.52 Å². The number of likely N-dealkylation sites (N-methyl/N-ethyl adjacent to an activating group) is 1. The molecule has 2 aliphatic rings. The van der Waals surface area contributed by atoms with Crippen molar-refractivity contribution >= 4 is 5.91 Å². The van der Waals surface area contributed by atoms with E-state index in [1.807, 2.05) is 19.0 Å². The molecule has 0 spiro atoms. The molecule has 0 bridgehead atoms. The average molecular weight is 323 g/mol. The minimum absolute atomic E-state index is 0.0237. The Morgan fingerprint density at radius 2 is 2.09 bits per heavy atom. The molecule has 1 aromatic heterocycles. The summed E-state index contributed by atoms with van der Waals surface area (Å²) in [6, 6.07) is 0. The molecule has 23 heavy (non-hydrogen) atoms. The molecule has 1 unspecified atom stereocenters.